The number of anilines is 1. The van der Waals surface area contributed by atoms with Gasteiger partial charge in [0.2, 0.25) is 0 Å². The number of rotatable bonds is 5. The van der Waals surface area contributed by atoms with Crippen LogP contribution in [0.15, 0.2) is 29.3 Å². The van der Waals surface area contributed by atoms with Gasteiger partial charge in [-0.3, -0.25) is 4.57 Å². The molecule has 1 aliphatic rings. The van der Waals surface area contributed by atoms with Crippen LogP contribution in [0.2, 0.25) is 0 Å². The molecular weight excluding hydrogens is 450 g/mol. The number of hydrogen-bond acceptors (Lipinski definition) is 10. The largest absolute Gasteiger partial charge is 0.507 e. The van der Waals surface area contributed by atoms with Crippen LogP contribution < -0.4 is 5.32 Å². The minimum atomic E-state index is -1.27. The molecule has 0 aliphatic carbocycles. The van der Waals surface area contributed by atoms with Crippen molar-refractivity contribution < 1.29 is 30.3 Å². The number of aliphatic hydroxyl groups excluding tert-OH is 3. The van der Waals surface area contributed by atoms with Crippen molar-refractivity contribution >= 4 is 32.9 Å². The summed E-state index contributed by atoms with van der Waals surface area (Å²) in [5.74, 6) is 0.152. The van der Waals surface area contributed by atoms with Crippen LogP contribution in [0.1, 0.15) is 11.8 Å². The van der Waals surface area contributed by atoms with Crippen LogP contribution >= 0.6 is 15.9 Å². The van der Waals surface area contributed by atoms with Gasteiger partial charge in [0.25, 0.3) is 0 Å². The van der Waals surface area contributed by atoms with Crippen LogP contribution in [0.5, 0.6) is 11.5 Å². The molecule has 1 aromatic carbocycles. The smallest absolute Gasteiger partial charge is 0.167 e. The molecule has 2 aromatic heterocycles. The molecule has 0 bridgehead atoms. The highest BCUT2D eigenvalue weighted by molar-refractivity contribution is 9.10. The Labute approximate surface area is 172 Å². The van der Waals surface area contributed by atoms with Crippen LogP contribution in [0.4, 0.5) is 5.82 Å². The van der Waals surface area contributed by atoms with Crippen molar-refractivity contribution in [2.75, 3.05) is 11.9 Å². The minimum absolute atomic E-state index is 0.0595. The number of aromatic hydroxyl groups is 2. The lowest BCUT2D eigenvalue weighted by molar-refractivity contribution is -0.0511. The first-order valence-corrected chi connectivity index (χ1v) is 9.44. The second-order valence-corrected chi connectivity index (χ2v) is 7.38. The van der Waals surface area contributed by atoms with Gasteiger partial charge in [-0.15, -0.1) is 0 Å². The van der Waals surface area contributed by atoms with Gasteiger partial charge < -0.3 is 35.6 Å². The Morgan fingerprint density at radius 3 is 2.66 bits per heavy atom. The Kier molecular flexibility index (Phi) is 5.27. The van der Waals surface area contributed by atoms with Crippen molar-refractivity contribution in [1.82, 2.24) is 19.5 Å². The Balaban J connectivity index is 1.63. The van der Waals surface area contributed by atoms with Gasteiger partial charge in [0.05, 0.1) is 23.0 Å². The van der Waals surface area contributed by atoms with Crippen LogP contribution in [-0.4, -0.2) is 70.0 Å². The van der Waals surface area contributed by atoms with E-state index < -0.39 is 31.1 Å². The summed E-state index contributed by atoms with van der Waals surface area (Å²) >= 11 is 3.20. The fourth-order valence-corrected chi connectivity index (χ4v) is 3.59. The number of fused-ring (bicyclic) bond motifs is 1. The molecule has 0 spiro atoms. The maximum absolute atomic E-state index is 10.2. The van der Waals surface area contributed by atoms with E-state index in [0.717, 1.165) is 0 Å². The van der Waals surface area contributed by atoms with E-state index in [9.17, 15) is 25.5 Å². The second kappa shape index (κ2) is 7.72. The van der Waals surface area contributed by atoms with E-state index in [1.807, 2.05) is 0 Å². The Morgan fingerprint density at radius 2 is 1.93 bits per heavy atom. The third-order valence-electron chi connectivity index (χ3n) is 4.79. The number of aromatic nitrogens is 4. The number of phenols is 2. The van der Waals surface area contributed by atoms with Gasteiger partial charge in [-0.25, -0.2) is 15.0 Å². The highest BCUT2D eigenvalue weighted by Crippen LogP contribution is 2.35. The van der Waals surface area contributed by atoms with E-state index in [2.05, 4.69) is 36.2 Å². The van der Waals surface area contributed by atoms with E-state index in [-0.39, 0.29) is 23.6 Å². The molecule has 1 saturated heterocycles. The molecule has 12 heteroatoms. The van der Waals surface area contributed by atoms with E-state index in [4.69, 9.17) is 4.74 Å². The molecule has 1 fully saturated rings. The summed E-state index contributed by atoms with van der Waals surface area (Å²) in [5, 5.41) is 52.6. The highest BCUT2D eigenvalue weighted by Gasteiger charge is 2.44. The predicted molar refractivity (Wildman–Crippen MR) is 103 cm³/mol. The topological polar surface area (TPSA) is 166 Å². The van der Waals surface area contributed by atoms with E-state index in [1.165, 1.54) is 29.4 Å². The first kappa shape index (κ1) is 19.8. The molecule has 3 aromatic rings. The van der Waals surface area contributed by atoms with Crippen molar-refractivity contribution in [3.8, 4) is 11.5 Å². The van der Waals surface area contributed by atoms with Gasteiger partial charge in [-0.05, 0) is 28.1 Å². The molecule has 6 N–H and O–H groups in total. The zero-order valence-corrected chi connectivity index (χ0v) is 16.4. The predicted octanol–water partition coefficient (Wildman–Crippen LogP) is 0.224. The average Bonchev–Trinajstić information content (AvgIpc) is 3.26. The lowest BCUT2D eigenvalue weighted by atomic mass is 10.1. The lowest BCUT2D eigenvalue weighted by Crippen LogP contribution is -2.33. The number of benzene rings is 1. The van der Waals surface area contributed by atoms with Gasteiger partial charge >= 0.3 is 0 Å². The Morgan fingerprint density at radius 1 is 1.14 bits per heavy atom. The van der Waals surface area contributed by atoms with E-state index >= 15 is 0 Å². The van der Waals surface area contributed by atoms with E-state index in [0.29, 0.717) is 21.5 Å². The lowest BCUT2D eigenvalue weighted by Gasteiger charge is -2.16. The molecule has 1 aliphatic heterocycles. The molecule has 0 radical (unpaired) electrons. The quantitative estimate of drug-likeness (QED) is 0.305. The number of hydrogen-bond donors (Lipinski definition) is 6. The minimum Gasteiger partial charge on any atom is -0.507 e. The molecule has 29 heavy (non-hydrogen) atoms. The molecule has 154 valence electrons. The van der Waals surface area contributed by atoms with Crippen molar-refractivity contribution in [3.05, 3.63) is 34.8 Å². The summed E-state index contributed by atoms with van der Waals surface area (Å²) in [6.07, 6.45) is -1.75. The van der Waals surface area contributed by atoms with Crippen molar-refractivity contribution in [3.63, 3.8) is 0 Å². The Bertz CT molecular complexity index is 1050. The summed E-state index contributed by atoms with van der Waals surface area (Å²) in [5.41, 5.74) is 0.966. The summed E-state index contributed by atoms with van der Waals surface area (Å²) < 4.78 is 7.40. The number of imidazole rings is 1. The Hall–Kier alpha value is -2.51. The van der Waals surface area contributed by atoms with Crippen LogP contribution in [0.25, 0.3) is 11.2 Å². The molecular formula is C17H18BrN5O6. The fraction of sp³-hybridized carbons (Fsp3) is 0.353. The van der Waals surface area contributed by atoms with Crippen molar-refractivity contribution in [2.24, 2.45) is 0 Å². The third kappa shape index (κ3) is 3.38. The van der Waals surface area contributed by atoms with Gasteiger partial charge in [-0.2, -0.15) is 0 Å². The van der Waals surface area contributed by atoms with Gasteiger partial charge in [-0.1, -0.05) is 0 Å². The molecule has 0 saturated carbocycles. The summed E-state index contributed by atoms with van der Waals surface area (Å²) in [6, 6.07) is 2.98. The maximum Gasteiger partial charge on any atom is 0.167 e. The monoisotopic (exact) mass is 467 g/mol. The SMILES string of the molecule is OC[C@H]1O[C@@H](n2cnc3c(NCc4c(O)ccc(Br)c4O)ncnc32)[C@H](O)[C@@H]1O. The standard InChI is InChI=1S/C17H18BrN5O6/c18-8-1-2-9(25)7(12(8)26)3-19-15-11-16(21-5-20-15)23(6-22-11)17-14(28)13(27)10(4-24)29-17/h1-2,5-6,10,13-14,17,24-28H,3-4H2,(H,19,20,21)/t10-,13-,14-,17-/m1/s1. The van der Waals surface area contributed by atoms with Gasteiger partial charge in [0.1, 0.15) is 36.1 Å². The molecule has 3 heterocycles. The van der Waals surface area contributed by atoms with Gasteiger partial charge in [0, 0.05) is 6.54 Å². The number of nitrogens with one attached hydrogen (secondary N) is 1. The molecule has 0 unspecified atom stereocenters. The van der Waals surface area contributed by atoms with Crippen molar-refractivity contribution in [2.45, 2.75) is 31.1 Å². The zero-order chi connectivity index (χ0) is 20.7. The van der Waals surface area contributed by atoms with Crippen LogP contribution in [0, 0.1) is 0 Å². The number of halogens is 1. The van der Waals surface area contributed by atoms with Crippen LogP contribution in [0.3, 0.4) is 0 Å². The van der Waals surface area contributed by atoms with Crippen molar-refractivity contribution in [1.29, 1.82) is 0 Å². The fourth-order valence-electron chi connectivity index (χ4n) is 3.22. The summed E-state index contributed by atoms with van der Waals surface area (Å²) in [7, 11) is 0. The number of phenolic OH excluding ortho intramolecular Hbond substituents is 2. The summed E-state index contributed by atoms with van der Waals surface area (Å²) in [6.45, 7) is -0.382. The summed E-state index contributed by atoms with van der Waals surface area (Å²) in [4.78, 5) is 12.6. The molecule has 0 amide bonds. The first-order chi connectivity index (χ1) is 13.9. The number of ether oxygens (including phenoxy) is 1. The van der Waals surface area contributed by atoms with E-state index in [1.54, 1.807) is 0 Å². The number of nitrogens with zero attached hydrogens (tertiary/aromatic N) is 4. The molecule has 11 nitrogen and oxygen atoms in total. The number of aliphatic hydroxyl groups is 3. The first-order valence-electron chi connectivity index (χ1n) is 8.65. The highest BCUT2D eigenvalue weighted by atomic mass is 79.9. The molecule has 4 atom stereocenters. The normalized spacial score (nSPS) is 24.3. The maximum atomic E-state index is 10.2. The van der Waals surface area contributed by atoms with Gasteiger partial charge in [0.15, 0.2) is 23.2 Å². The van der Waals surface area contributed by atoms with Crippen LogP contribution in [-0.2, 0) is 11.3 Å². The second-order valence-electron chi connectivity index (χ2n) is 6.52. The zero-order valence-electron chi connectivity index (χ0n) is 14.8. The average molecular weight is 468 g/mol. The molecule has 4 rings (SSSR count). The third-order valence-corrected chi connectivity index (χ3v) is 5.43.